The molecule has 2 saturated heterocycles. The van der Waals surface area contributed by atoms with Gasteiger partial charge < -0.3 is 4.90 Å². The van der Waals surface area contributed by atoms with Gasteiger partial charge in [-0.25, -0.2) is 14.6 Å². The Morgan fingerprint density at radius 3 is 2.88 bits per heavy atom. The first-order valence-corrected chi connectivity index (χ1v) is 9.75. The van der Waals surface area contributed by atoms with Crippen LogP contribution in [0.4, 0.5) is 5.82 Å². The topological polar surface area (TPSA) is 70.9 Å². The molecule has 0 radical (unpaired) electrons. The minimum absolute atomic E-state index is 0.526. The van der Waals surface area contributed by atoms with Gasteiger partial charge in [-0.2, -0.15) is 5.10 Å². The number of aromatic nitrogens is 4. The van der Waals surface area contributed by atoms with E-state index in [4.69, 9.17) is 0 Å². The van der Waals surface area contributed by atoms with Gasteiger partial charge in [-0.15, -0.1) is 0 Å². The van der Waals surface area contributed by atoms with Crippen LogP contribution in [0.15, 0.2) is 24.8 Å². The van der Waals surface area contributed by atoms with Crippen LogP contribution in [0, 0.1) is 18.8 Å². The molecule has 4 rings (SSSR count). The summed E-state index contributed by atoms with van der Waals surface area (Å²) in [6.07, 6.45) is 9.12. The first kappa shape index (κ1) is 17.4. The van der Waals surface area contributed by atoms with Gasteiger partial charge in [0.05, 0.1) is 6.20 Å². The van der Waals surface area contributed by atoms with Crippen molar-refractivity contribution in [2.45, 2.75) is 52.1 Å². The first-order chi connectivity index (χ1) is 12.7. The molecule has 7 heteroatoms. The summed E-state index contributed by atoms with van der Waals surface area (Å²) in [6, 6.07) is 3.14. The molecule has 4 unspecified atom stereocenters. The molecule has 2 aromatic rings. The zero-order chi connectivity index (χ0) is 18.1. The minimum atomic E-state index is 0.526. The molecule has 0 amide bonds. The standard InChI is InChI=1S/C19H29N7/c1-4-5-14(3)19-15-11-25(7-6-16(15)23-24-19)17-8-18(21-12-20-17)26-10-13(2)9-22-26/h8-10,12,14-16,19,23-24H,4-7,11H2,1-3H3. The highest BCUT2D eigenvalue weighted by Gasteiger charge is 2.41. The van der Waals surface area contributed by atoms with E-state index >= 15 is 0 Å². The molecule has 4 atom stereocenters. The third-order valence-corrected chi connectivity index (χ3v) is 5.82. The van der Waals surface area contributed by atoms with Crippen molar-refractivity contribution in [2.24, 2.45) is 11.8 Å². The summed E-state index contributed by atoms with van der Waals surface area (Å²) in [7, 11) is 0. The van der Waals surface area contributed by atoms with E-state index in [1.54, 1.807) is 6.33 Å². The van der Waals surface area contributed by atoms with E-state index < -0.39 is 0 Å². The van der Waals surface area contributed by atoms with Gasteiger partial charge >= 0.3 is 0 Å². The molecule has 2 aromatic heterocycles. The van der Waals surface area contributed by atoms with Crippen LogP contribution in [0.2, 0.25) is 0 Å². The molecule has 2 aliphatic heterocycles. The van der Waals surface area contributed by atoms with Crippen molar-refractivity contribution in [3.8, 4) is 5.82 Å². The minimum Gasteiger partial charge on any atom is -0.356 e. The second kappa shape index (κ2) is 7.32. The predicted molar refractivity (Wildman–Crippen MR) is 102 cm³/mol. The molecule has 140 valence electrons. The number of aryl methyl sites for hydroxylation is 1. The van der Waals surface area contributed by atoms with Crippen LogP contribution in [0.25, 0.3) is 5.82 Å². The lowest BCUT2D eigenvalue weighted by Crippen LogP contribution is -2.47. The van der Waals surface area contributed by atoms with Gasteiger partial charge in [-0.1, -0.05) is 20.3 Å². The molecule has 7 nitrogen and oxygen atoms in total. The monoisotopic (exact) mass is 355 g/mol. The van der Waals surface area contributed by atoms with E-state index in [0.717, 1.165) is 36.7 Å². The van der Waals surface area contributed by atoms with Gasteiger partial charge in [0.2, 0.25) is 0 Å². The zero-order valence-corrected chi connectivity index (χ0v) is 15.9. The number of piperidine rings is 1. The van der Waals surface area contributed by atoms with Gasteiger partial charge in [-0.05, 0) is 31.2 Å². The number of hydrogen-bond acceptors (Lipinski definition) is 6. The fourth-order valence-electron chi connectivity index (χ4n) is 4.42. The Kier molecular flexibility index (Phi) is 4.91. The Morgan fingerprint density at radius 2 is 2.12 bits per heavy atom. The normalized spacial score (nSPS) is 26.7. The summed E-state index contributed by atoms with van der Waals surface area (Å²) in [5.41, 5.74) is 8.23. The molecular weight excluding hydrogens is 326 g/mol. The molecule has 2 N–H and O–H groups in total. The third kappa shape index (κ3) is 3.33. The van der Waals surface area contributed by atoms with Crippen molar-refractivity contribution >= 4 is 5.82 Å². The smallest absolute Gasteiger partial charge is 0.158 e. The maximum absolute atomic E-state index is 4.55. The highest BCUT2D eigenvalue weighted by atomic mass is 15.4. The molecule has 26 heavy (non-hydrogen) atoms. The largest absolute Gasteiger partial charge is 0.356 e. The summed E-state index contributed by atoms with van der Waals surface area (Å²) in [6.45, 7) is 8.71. The lowest BCUT2D eigenvalue weighted by atomic mass is 9.81. The molecule has 2 fully saturated rings. The maximum atomic E-state index is 4.55. The van der Waals surface area contributed by atoms with E-state index in [1.807, 2.05) is 30.1 Å². The van der Waals surface area contributed by atoms with Gasteiger partial charge in [0, 0.05) is 43.4 Å². The molecular formula is C19H29N7. The maximum Gasteiger partial charge on any atom is 0.158 e. The second-order valence-electron chi connectivity index (χ2n) is 7.78. The van der Waals surface area contributed by atoms with Gasteiger partial charge in [0.25, 0.3) is 0 Å². The van der Waals surface area contributed by atoms with Crippen LogP contribution in [-0.4, -0.2) is 44.9 Å². The molecule has 0 aliphatic carbocycles. The second-order valence-corrected chi connectivity index (χ2v) is 7.78. The fourth-order valence-corrected chi connectivity index (χ4v) is 4.42. The number of anilines is 1. The first-order valence-electron chi connectivity index (χ1n) is 9.75. The molecule has 0 aromatic carbocycles. The van der Waals surface area contributed by atoms with E-state index in [9.17, 15) is 0 Å². The average molecular weight is 355 g/mol. The average Bonchev–Trinajstić information content (AvgIpc) is 3.27. The molecule has 0 spiro atoms. The summed E-state index contributed by atoms with van der Waals surface area (Å²) < 4.78 is 1.82. The Balaban J connectivity index is 1.52. The van der Waals surface area contributed by atoms with Crippen molar-refractivity contribution < 1.29 is 0 Å². The quantitative estimate of drug-likeness (QED) is 0.856. The summed E-state index contributed by atoms with van der Waals surface area (Å²) in [5.74, 6) is 3.10. The number of nitrogens with zero attached hydrogens (tertiary/aromatic N) is 5. The Labute approximate surface area is 155 Å². The molecule has 0 bridgehead atoms. The summed E-state index contributed by atoms with van der Waals surface area (Å²) >= 11 is 0. The van der Waals surface area contributed by atoms with Crippen molar-refractivity contribution in [1.82, 2.24) is 30.6 Å². The van der Waals surface area contributed by atoms with Crippen LogP contribution >= 0.6 is 0 Å². The van der Waals surface area contributed by atoms with E-state index in [1.165, 1.54) is 12.8 Å². The van der Waals surface area contributed by atoms with E-state index in [-0.39, 0.29) is 0 Å². The van der Waals surface area contributed by atoms with Crippen LogP contribution in [0.1, 0.15) is 38.7 Å². The van der Waals surface area contributed by atoms with Crippen LogP contribution in [0.5, 0.6) is 0 Å². The molecule has 2 aliphatic rings. The van der Waals surface area contributed by atoms with Crippen LogP contribution in [-0.2, 0) is 0 Å². The number of hydrazine groups is 1. The lowest BCUT2D eigenvalue weighted by Gasteiger charge is -2.38. The predicted octanol–water partition coefficient (Wildman–Crippen LogP) is 2.08. The van der Waals surface area contributed by atoms with Gasteiger partial charge in [-0.3, -0.25) is 10.9 Å². The zero-order valence-electron chi connectivity index (χ0n) is 15.9. The summed E-state index contributed by atoms with van der Waals surface area (Å²) in [4.78, 5) is 11.3. The SMILES string of the molecule is CCCC(C)C1NNC2CCN(c3cc(-n4cc(C)cn4)ncn3)CC21. The van der Waals surface area contributed by atoms with Crippen LogP contribution < -0.4 is 15.8 Å². The highest BCUT2D eigenvalue weighted by Crippen LogP contribution is 2.31. The lowest BCUT2D eigenvalue weighted by molar-refractivity contribution is 0.286. The van der Waals surface area contributed by atoms with Crippen molar-refractivity contribution in [2.75, 3.05) is 18.0 Å². The Morgan fingerprint density at radius 1 is 1.27 bits per heavy atom. The van der Waals surface area contributed by atoms with Crippen molar-refractivity contribution in [1.29, 1.82) is 0 Å². The number of hydrogen-bond donors (Lipinski definition) is 2. The van der Waals surface area contributed by atoms with Crippen molar-refractivity contribution in [3.05, 3.63) is 30.4 Å². The van der Waals surface area contributed by atoms with Crippen LogP contribution in [0.3, 0.4) is 0 Å². The van der Waals surface area contributed by atoms with Gasteiger partial charge in [0.1, 0.15) is 12.1 Å². The van der Waals surface area contributed by atoms with Gasteiger partial charge in [0.15, 0.2) is 5.82 Å². The molecule has 0 saturated carbocycles. The number of rotatable bonds is 5. The highest BCUT2D eigenvalue weighted by molar-refractivity contribution is 5.44. The Hall–Kier alpha value is -1.99. The Bertz CT molecular complexity index is 743. The summed E-state index contributed by atoms with van der Waals surface area (Å²) in [5, 5.41) is 4.37. The fraction of sp³-hybridized carbons (Fsp3) is 0.632. The number of fused-ring (bicyclic) bond motifs is 1. The molecule has 4 heterocycles. The van der Waals surface area contributed by atoms with Crippen molar-refractivity contribution in [3.63, 3.8) is 0 Å². The number of nitrogens with one attached hydrogen (secondary N) is 2. The third-order valence-electron chi connectivity index (χ3n) is 5.82. The van der Waals surface area contributed by atoms with E-state index in [0.29, 0.717) is 23.9 Å². The van der Waals surface area contributed by atoms with E-state index in [2.05, 4.69) is 44.7 Å².